The molecule has 0 atom stereocenters. The van der Waals surface area contributed by atoms with Crippen LogP contribution in [0.4, 0.5) is 4.39 Å². The third-order valence-electron chi connectivity index (χ3n) is 2.88. The summed E-state index contributed by atoms with van der Waals surface area (Å²) < 4.78 is 19.8. The molecule has 1 aromatic carbocycles. The van der Waals surface area contributed by atoms with Crippen molar-refractivity contribution in [3.05, 3.63) is 46.8 Å². The molecule has 3 rings (SSSR count). The molecule has 0 fully saturated rings. The monoisotopic (exact) mass is 348 g/mol. The highest BCUT2D eigenvalue weighted by Gasteiger charge is 2.15. The smallest absolute Gasteiger partial charge is 0.184 e. The lowest BCUT2D eigenvalue weighted by molar-refractivity contribution is 0.414. The molecule has 0 saturated heterocycles. The normalized spacial score (nSPS) is 10.6. The van der Waals surface area contributed by atoms with E-state index in [0.29, 0.717) is 17.3 Å². The molecule has 5 nitrogen and oxygen atoms in total. The van der Waals surface area contributed by atoms with Crippen molar-refractivity contribution in [2.75, 3.05) is 7.11 Å². The number of ether oxygens (including phenoxy) is 1. The fourth-order valence-corrected chi connectivity index (χ4v) is 2.29. The Morgan fingerprint density at radius 3 is 2.90 bits per heavy atom. The summed E-state index contributed by atoms with van der Waals surface area (Å²) in [7, 11) is 1.52. The molecule has 0 saturated carbocycles. The molecule has 2 heterocycles. The summed E-state index contributed by atoms with van der Waals surface area (Å²) in [5.74, 6) is 0.830. The number of hydrogen-bond acceptors (Lipinski definition) is 4. The number of methoxy groups -OCH3 is 1. The van der Waals surface area contributed by atoms with Crippen LogP contribution in [-0.4, -0.2) is 27.3 Å². The van der Waals surface area contributed by atoms with Crippen LogP contribution in [0.5, 0.6) is 5.75 Å². The molecular formula is C14H10BrFN4O. The summed E-state index contributed by atoms with van der Waals surface area (Å²) >= 11 is 3.39. The minimum Gasteiger partial charge on any atom is -0.497 e. The maximum absolute atomic E-state index is 13.9. The van der Waals surface area contributed by atoms with E-state index in [-0.39, 0.29) is 11.4 Å². The van der Waals surface area contributed by atoms with Gasteiger partial charge in [0.2, 0.25) is 0 Å². The summed E-state index contributed by atoms with van der Waals surface area (Å²) in [5, 5.41) is 6.81. The van der Waals surface area contributed by atoms with Crippen LogP contribution >= 0.6 is 15.9 Å². The van der Waals surface area contributed by atoms with Crippen LogP contribution in [0.25, 0.3) is 22.9 Å². The minimum absolute atomic E-state index is 0.249. The first-order valence-electron chi connectivity index (χ1n) is 6.06. The van der Waals surface area contributed by atoms with Gasteiger partial charge in [-0.2, -0.15) is 5.10 Å². The van der Waals surface area contributed by atoms with E-state index in [4.69, 9.17) is 4.74 Å². The van der Waals surface area contributed by atoms with Crippen LogP contribution < -0.4 is 4.74 Å². The van der Waals surface area contributed by atoms with Crippen molar-refractivity contribution in [2.24, 2.45) is 0 Å². The lowest BCUT2D eigenvalue weighted by atomic mass is 10.2. The van der Waals surface area contributed by atoms with Crippen molar-refractivity contribution in [1.82, 2.24) is 20.2 Å². The Labute approximate surface area is 128 Å². The summed E-state index contributed by atoms with van der Waals surface area (Å²) in [4.78, 5) is 8.51. The Kier molecular flexibility index (Phi) is 3.66. The lowest BCUT2D eigenvalue weighted by Crippen LogP contribution is -1.90. The predicted molar refractivity (Wildman–Crippen MR) is 79.3 cm³/mol. The van der Waals surface area contributed by atoms with Crippen LogP contribution in [0, 0.1) is 5.82 Å². The molecule has 7 heteroatoms. The molecule has 0 aliphatic heterocycles. The summed E-state index contributed by atoms with van der Waals surface area (Å²) in [6.45, 7) is 0. The van der Waals surface area contributed by atoms with Gasteiger partial charge >= 0.3 is 0 Å². The molecule has 106 valence electrons. The fraction of sp³-hybridized carbons (Fsp3) is 0.0714. The van der Waals surface area contributed by atoms with Crippen molar-refractivity contribution in [3.63, 3.8) is 0 Å². The third kappa shape index (κ3) is 2.64. The second-order valence-electron chi connectivity index (χ2n) is 4.19. The van der Waals surface area contributed by atoms with Crippen molar-refractivity contribution in [3.8, 4) is 28.7 Å². The Balaban J connectivity index is 2.05. The van der Waals surface area contributed by atoms with E-state index in [1.807, 2.05) is 6.07 Å². The Morgan fingerprint density at radius 2 is 2.14 bits per heavy atom. The molecular weight excluding hydrogens is 339 g/mol. The standard InChI is InChI=1S/C14H10BrFN4O/c1-21-8-4-5-11(16)9(7-8)13-18-14(20-19-13)12-10(15)3-2-6-17-12/h2-7H,1H3,(H,18,19,20). The molecule has 0 amide bonds. The van der Waals surface area contributed by atoms with E-state index in [1.165, 1.54) is 13.2 Å². The Hall–Kier alpha value is -2.28. The zero-order valence-electron chi connectivity index (χ0n) is 11.0. The van der Waals surface area contributed by atoms with Gasteiger partial charge in [0.1, 0.15) is 17.3 Å². The predicted octanol–water partition coefficient (Wildman–Crippen LogP) is 3.44. The van der Waals surface area contributed by atoms with Crippen molar-refractivity contribution < 1.29 is 9.13 Å². The van der Waals surface area contributed by atoms with Crippen LogP contribution in [-0.2, 0) is 0 Å². The Bertz CT molecular complexity index is 790. The highest BCUT2D eigenvalue weighted by atomic mass is 79.9. The topological polar surface area (TPSA) is 63.7 Å². The number of halogens is 2. The quantitative estimate of drug-likeness (QED) is 0.787. The van der Waals surface area contributed by atoms with Gasteiger partial charge in [-0.05, 0) is 46.3 Å². The summed E-state index contributed by atoms with van der Waals surface area (Å²) in [6.07, 6.45) is 1.65. The zero-order chi connectivity index (χ0) is 14.8. The van der Waals surface area contributed by atoms with Gasteiger partial charge in [0.25, 0.3) is 0 Å². The number of benzene rings is 1. The first-order valence-corrected chi connectivity index (χ1v) is 6.85. The second kappa shape index (κ2) is 5.61. The van der Waals surface area contributed by atoms with Gasteiger partial charge in [-0.1, -0.05) is 0 Å². The van der Waals surface area contributed by atoms with E-state index in [9.17, 15) is 4.39 Å². The van der Waals surface area contributed by atoms with Crippen LogP contribution in [0.15, 0.2) is 41.0 Å². The molecule has 0 spiro atoms. The molecule has 3 aromatic rings. The fourth-order valence-electron chi connectivity index (χ4n) is 1.85. The van der Waals surface area contributed by atoms with Gasteiger partial charge in [0.05, 0.1) is 12.7 Å². The van der Waals surface area contributed by atoms with Crippen LogP contribution in [0.2, 0.25) is 0 Å². The third-order valence-corrected chi connectivity index (χ3v) is 3.52. The van der Waals surface area contributed by atoms with E-state index in [0.717, 1.165) is 4.47 Å². The minimum atomic E-state index is -0.415. The molecule has 0 aliphatic rings. The molecule has 0 radical (unpaired) electrons. The lowest BCUT2D eigenvalue weighted by Gasteiger charge is -2.02. The van der Waals surface area contributed by atoms with Gasteiger partial charge in [-0.15, -0.1) is 0 Å². The van der Waals surface area contributed by atoms with Crippen molar-refractivity contribution in [1.29, 1.82) is 0 Å². The number of H-pyrrole nitrogens is 1. The van der Waals surface area contributed by atoms with Crippen molar-refractivity contribution in [2.45, 2.75) is 0 Å². The number of aromatic nitrogens is 4. The zero-order valence-corrected chi connectivity index (χ0v) is 12.6. The number of pyridine rings is 1. The number of nitrogens with zero attached hydrogens (tertiary/aromatic N) is 3. The van der Waals surface area contributed by atoms with Gasteiger partial charge in [0.15, 0.2) is 11.6 Å². The highest BCUT2D eigenvalue weighted by Crippen LogP contribution is 2.27. The Morgan fingerprint density at radius 1 is 1.29 bits per heavy atom. The second-order valence-corrected chi connectivity index (χ2v) is 5.04. The van der Waals surface area contributed by atoms with E-state index < -0.39 is 5.82 Å². The van der Waals surface area contributed by atoms with Crippen LogP contribution in [0.3, 0.4) is 0 Å². The molecule has 21 heavy (non-hydrogen) atoms. The van der Waals surface area contributed by atoms with Gasteiger partial charge in [-0.25, -0.2) is 9.37 Å². The van der Waals surface area contributed by atoms with E-state index in [2.05, 4.69) is 36.1 Å². The molecule has 0 unspecified atom stereocenters. The van der Waals surface area contributed by atoms with E-state index >= 15 is 0 Å². The first-order chi connectivity index (χ1) is 10.2. The van der Waals surface area contributed by atoms with E-state index in [1.54, 1.807) is 24.4 Å². The number of nitrogens with one attached hydrogen (secondary N) is 1. The molecule has 0 aliphatic carbocycles. The molecule has 1 N–H and O–H groups in total. The molecule has 2 aromatic heterocycles. The number of hydrogen-bond donors (Lipinski definition) is 1. The number of rotatable bonds is 3. The maximum atomic E-state index is 13.9. The SMILES string of the molecule is COc1ccc(F)c(-c2n[nH]c(-c3ncccc3Br)n2)c1. The average Bonchev–Trinajstić information content (AvgIpc) is 2.97. The van der Waals surface area contributed by atoms with Gasteiger partial charge in [-0.3, -0.25) is 10.1 Å². The van der Waals surface area contributed by atoms with Crippen molar-refractivity contribution >= 4 is 15.9 Å². The average molecular weight is 349 g/mol. The van der Waals surface area contributed by atoms with Crippen LogP contribution in [0.1, 0.15) is 0 Å². The summed E-state index contributed by atoms with van der Waals surface area (Å²) in [6, 6.07) is 8.06. The summed E-state index contributed by atoms with van der Waals surface area (Å²) in [5.41, 5.74) is 0.878. The first kappa shape index (κ1) is 13.7. The highest BCUT2D eigenvalue weighted by molar-refractivity contribution is 9.10. The van der Waals surface area contributed by atoms with Gasteiger partial charge in [0, 0.05) is 10.7 Å². The molecule has 0 bridgehead atoms. The maximum Gasteiger partial charge on any atom is 0.184 e. The largest absolute Gasteiger partial charge is 0.497 e. The number of aromatic amines is 1. The van der Waals surface area contributed by atoms with Gasteiger partial charge < -0.3 is 4.74 Å².